The van der Waals surface area contributed by atoms with Crippen molar-refractivity contribution in [1.29, 1.82) is 0 Å². The summed E-state index contributed by atoms with van der Waals surface area (Å²) >= 11 is 0. The standard InChI is InChI=1S/C19H20N2O3/c1-24-18-11-5-3-8-15(18)14-7-2-4-9-16(14)20-19(23)17-10-6-12-21(17)13-22/h2-5,7-9,11,13,17H,6,10,12H2,1H3,(H,20,23)/t17-/m0/s1. The van der Waals surface area contributed by atoms with Crippen LogP contribution >= 0.6 is 0 Å². The summed E-state index contributed by atoms with van der Waals surface area (Å²) in [4.78, 5) is 25.2. The Hall–Kier alpha value is -2.82. The van der Waals surface area contributed by atoms with Crippen molar-refractivity contribution in [1.82, 2.24) is 4.90 Å². The minimum absolute atomic E-state index is 0.151. The van der Waals surface area contributed by atoms with Crippen molar-refractivity contribution in [2.75, 3.05) is 19.0 Å². The fraction of sp³-hybridized carbons (Fsp3) is 0.263. The van der Waals surface area contributed by atoms with E-state index in [0.717, 1.165) is 29.7 Å². The molecule has 1 atom stereocenters. The third kappa shape index (κ3) is 3.11. The topological polar surface area (TPSA) is 58.6 Å². The van der Waals surface area contributed by atoms with E-state index in [-0.39, 0.29) is 5.91 Å². The van der Waals surface area contributed by atoms with E-state index < -0.39 is 6.04 Å². The lowest BCUT2D eigenvalue weighted by atomic mass is 10.0. The molecule has 1 aliphatic heterocycles. The normalized spacial score (nSPS) is 16.7. The largest absolute Gasteiger partial charge is 0.496 e. The van der Waals surface area contributed by atoms with Gasteiger partial charge < -0.3 is 15.0 Å². The molecule has 124 valence electrons. The van der Waals surface area contributed by atoms with Gasteiger partial charge in [0.05, 0.1) is 7.11 Å². The average molecular weight is 324 g/mol. The molecule has 2 aromatic carbocycles. The quantitative estimate of drug-likeness (QED) is 0.860. The zero-order valence-corrected chi connectivity index (χ0v) is 13.6. The van der Waals surface area contributed by atoms with Crippen molar-refractivity contribution in [2.45, 2.75) is 18.9 Å². The summed E-state index contributed by atoms with van der Waals surface area (Å²) in [6.07, 6.45) is 2.30. The van der Waals surface area contributed by atoms with E-state index in [1.807, 2.05) is 48.5 Å². The molecule has 5 heteroatoms. The van der Waals surface area contributed by atoms with Gasteiger partial charge in [-0.15, -0.1) is 0 Å². The van der Waals surface area contributed by atoms with Crippen LogP contribution in [0.1, 0.15) is 12.8 Å². The summed E-state index contributed by atoms with van der Waals surface area (Å²) in [7, 11) is 1.63. The molecule has 0 spiro atoms. The Balaban J connectivity index is 1.90. The maximum atomic E-state index is 12.6. The maximum absolute atomic E-state index is 12.6. The number of likely N-dealkylation sites (tertiary alicyclic amines) is 1. The second-order valence-electron chi connectivity index (χ2n) is 5.74. The Kier molecular flexibility index (Phi) is 4.79. The van der Waals surface area contributed by atoms with Crippen molar-refractivity contribution in [3.8, 4) is 16.9 Å². The van der Waals surface area contributed by atoms with Crippen molar-refractivity contribution < 1.29 is 14.3 Å². The van der Waals surface area contributed by atoms with Crippen LogP contribution in [-0.4, -0.2) is 36.9 Å². The number of nitrogens with zero attached hydrogens (tertiary/aromatic N) is 1. The van der Waals surface area contributed by atoms with Gasteiger partial charge in [0, 0.05) is 23.4 Å². The van der Waals surface area contributed by atoms with Gasteiger partial charge in [-0.05, 0) is 25.0 Å². The van der Waals surface area contributed by atoms with Crippen LogP contribution in [0, 0.1) is 0 Å². The van der Waals surface area contributed by atoms with E-state index in [1.54, 1.807) is 12.0 Å². The highest BCUT2D eigenvalue weighted by Gasteiger charge is 2.30. The molecule has 1 fully saturated rings. The molecule has 1 heterocycles. The molecule has 1 aliphatic rings. The van der Waals surface area contributed by atoms with Gasteiger partial charge >= 0.3 is 0 Å². The summed E-state index contributed by atoms with van der Waals surface area (Å²) in [5, 5.41) is 2.97. The van der Waals surface area contributed by atoms with Crippen molar-refractivity contribution >= 4 is 18.0 Å². The molecule has 3 rings (SSSR count). The fourth-order valence-electron chi connectivity index (χ4n) is 3.11. The van der Waals surface area contributed by atoms with Crippen molar-refractivity contribution in [2.24, 2.45) is 0 Å². The summed E-state index contributed by atoms with van der Waals surface area (Å²) in [6.45, 7) is 0.635. The Morgan fingerprint density at radius 2 is 1.88 bits per heavy atom. The Labute approximate surface area is 141 Å². The van der Waals surface area contributed by atoms with Crippen LogP contribution < -0.4 is 10.1 Å². The zero-order valence-electron chi connectivity index (χ0n) is 13.6. The highest BCUT2D eigenvalue weighted by molar-refractivity contribution is 5.99. The van der Waals surface area contributed by atoms with Crippen LogP contribution in [0.5, 0.6) is 5.75 Å². The number of amides is 2. The summed E-state index contributed by atoms with van der Waals surface area (Å²) in [5.74, 6) is 0.594. The van der Waals surface area contributed by atoms with Gasteiger partial charge in [-0.25, -0.2) is 0 Å². The number of anilines is 1. The fourth-order valence-corrected chi connectivity index (χ4v) is 3.11. The molecule has 0 bridgehead atoms. The third-order valence-corrected chi connectivity index (χ3v) is 4.31. The number of hydrogen-bond acceptors (Lipinski definition) is 3. The van der Waals surface area contributed by atoms with Gasteiger partial charge in [-0.2, -0.15) is 0 Å². The van der Waals surface area contributed by atoms with E-state index in [9.17, 15) is 9.59 Å². The number of ether oxygens (including phenoxy) is 1. The molecule has 1 saturated heterocycles. The number of carbonyl (C=O) groups is 2. The molecule has 2 aromatic rings. The van der Waals surface area contributed by atoms with Crippen LogP contribution in [0.25, 0.3) is 11.1 Å². The molecule has 5 nitrogen and oxygen atoms in total. The lowest BCUT2D eigenvalue weighted by molar-refractivity contribution is -0.127. The van der Waals surface area contributed by atoms with Crippen molar-refractivity contribution in [3.05, 3.63) is 48.5 Å². The molecule has 0 saturated carbocycles. The van der Waals surface area contributed by atoms with E-state index >= 15 is 0 Å². The summed E-state index contributed by atoms with van der Waals surface area (Å²) in [6, 6.07) is 14.9. The summed E-state index contributed by atoms with van der Waals surface area (Å²) < 4.78 is 5.43. The van der Waals surface area contributed by atoms with Gasteiger partial charge in [-0.1, -0.05) is 36.4 Å². The first-order valence-electron chi connectivity index (χ1n) is 7.99. The molecule has 0 aliphatic carbocycles. The van der Waals surface area contributed by atoms with Crippen LogP contribution in [0.3, 0.4) is 0 Å². The Bertz CT molecular complexity index is 745. The predicted octanol–water partition coefficient (Wildman–Crippen LogP) is 2.92. The highest BCUT2D eigenvalue weighted by Crippen LogP contribution is 2.35. The number of methoxy groups -OCH3 is 1. The van der Waals surface area contributed by atoms with Crippen LogP contribution in [0.4, 0.5) is 5.69 Å². The van der Waals surface area contributed by atoms with Gasteiger partial charge in [0.2, 0.25) is 12.3 Å². The van der Waals surface area contributed by atoms with E-state index in [4.69, 9.17) is 4.74 Å². The van der Waals surface area contributed by atoms with E-state index in [2.05, 4.69) is 5.32 Å². The lowest BCUT2D eigenvalue weighted by Gasteiger charge is -2.20. The van der Waals surface area contributed by atoms with E-state index in [0.29, 0.717) is 18.7 Å². The number of benzene rings is 2. The van der Waals surface area contributed by atoms with E-state index in [1.165, 1.54) is 0 Å². The van der Waals surface area contributed by atoms with Gasteiger partial charge in [-0.3, -0.25) is 9.59 Å². The first kappa shape index (κ1) is 16.1. The molecule has 0 unspecified atom stereocenters. The lowest BCUT2D eigenvalue weighted by Crippen LogP contribution is -2.38. The monoisotopic (exact) mass is 324 g/mol. The average Bonchev–Trinajstić information content (AvgIpc) is 3.11. The molecule has 0 aromatic heterocycles. The van der Waals surface area contributed by atoms with Crippen LogP contribution in [0.2, 0.25) is 0 Å². The minimum Gasteiger partial charge on any atom is -0.496 e. The van der Waals surface area contributed by atoms with Crippen molar-refractivity contribution in [3.63, 3.8) is 0 Å². The third-order valence-electron chi connectivity index (χ3n) is 4.31. The SMILES string of the molecule is COc1ccccc1-c1ccccc1NC(=O)[C@@H]1CCCN1C=O. The number of para-hydroxylation sites is 2. The molecule has 2 amide bonds. The van der Waals surface area contributed by atoms with Gasteiger partial charge in [0.1, 0.15) is 11.8 Å². The Morgan fingerprint density at radius 1 is 1.17 bits per heavy atom. The minimum atomic E-state index is -0.395. The number of hydrogen-bond donors (Lipinski definition) is 1. The zero-order chi connectivity index (χ0) is 16.9. The Morgan fingerprint density at radius 3 is 2.62 bits per heavy atom. The molecule has 24 heavy (non-hydrogen) atoms. The smallest absolute Gasteiger partial charge is 0.247 e. The number of nitrogens with one attached hydrogen (secondary N) is 1. The second-order valence-corrected chi connectivity index (χ2v) is 5.74. The number of carbonyl (C=O) groups excluding carboxylic acids is 2. The van der Waals surface area contributed by atoms with Crippen LogP contribution in [0.15, 0.2) is 48.5 Å². The maximum Gasteiger partial charge on any atom is 0.247 e. The molecule has 0 radical (unpaired) electrons. The molecular formula is C19H20N2O3. The van der Waals surface area contributed by atoms with Gasteiger partial charge in [0.15, 0.2) is 0 Å². The number of rotatable bonds is 5. The molecular weight excluding hydrogens is 304 g/mol. The first-order chi connectivity index (χ1) is 11.7. The van der Waals surface area contributed by atoms with Crippen LogP contribution in [-0.2, 0) is 9.59 Å². The first-order valence-corrected chi connectivity index (χ1v) is 7.99. The second kappa shape index (κ2) is 7.17. The highest BCUT2D eigenvalue weighted by atomic mass is 16.5. The summed E-state index contributed by atoms with van der Waals surface area (Å²) in [5.41, 5.74) is 2.51. The predicted molar refractivity (Wildman–Crippen MR) is 92.9 cm³/mol. The van der Waals surface area contributed by atoms with Gasteiger partial charge in [0.25, 0.3) is 0 Å². The molecule has 1 N–H and O–H groups in total.